The van der Waals surface area contributed by atoms with E-state index in [2.05, 4.69) is 0 Å². The van der Waals surface area contributed by atoms with Crippen LogP contribution in [-0.4, -0.2) is 154 Å². The lowest BCUT2D eigenvalue weighted by Crippen LogP contribution is -2.60. The van der Waals surface area contributed by atoms with Gasteiger partial charge in [0.2, 0.25) is 12.6 Å². The third-order valence-corrected chi connectivity index (χ3v) is 9.59. The third-order valence-electron chi connectivity index (χ3n) is 9.59. The predicted octanol–water partition coefficient (Wildman–Crippen LogP) is -2.75. The molecule has 49 heavy (non-hydrogen) atoms. The van der Waals surface area contributed by atoms with Crippen LogP contribution in [0.3, 0.4) is 0 Å². The predicted molar refractivity (Wildman–Crippen MR) is 161 cm³/mol. The number of aliphatic hydroxyl groups excluding tert-OH is 8. The van der Waals surface area contributed by atoms with Crippen molar-refractivity contribution in [3.05, 3.63) is 47.5 Å². The van der Waals surface area contributed by atoms with Gasteiger partial charge in [-0.15, -0.1) is 0 Å². The van der Waals surface area contributed by atoms with Crippen molar-refractivity contribution < 1.29 is 83.9 Å². The van der Waals surface area contributed by atoms with E-state index in [1.807, 2.05) is 0 Å². The molecule has 0 amide bonds. The summed E-state index contributed by atoms with van der Waals surface area (Å²) in [5, 5.41) is 92.0. The van der Waals surface area contributed by atoms with E-state index in [0.717, 1.165) is 0 Å². The van der Waals surface area contributed by atoms with Crippen LogP contribution in [0.4, 0.5) is 0 Å². The highest BCUT2D eigenvalue weighted by molar-refractivity contribution is 5.46. The molecule has 272 valence electrons. The maximum Gasteiger partial charge on any atom is 0.229 e. The molecule has 14 atom stereocenters. The van der Waals surface area contributed by atoms with Crippen LogP contribution in [0.1, 0.15) is 23.3 Å². The fourth-order valence-corrected chi connectivity index (χ4v) is 6.75. The molecule has 2 aromatic rings. The molecule has 6 rings (SSSR count). The molecule has 4 fully saturated rings. The lowest BCUT2D eigenvalue weighted by Gasteiger charge is -2.39. The van der Waals surface area contributed by atoms with E-state index in [1.165, 1.54) is 20.3 Å². The molecule has 9 N–H and O–H groups in total. The Balaban J connectivity index is 1.17. The summed E-state index contributed by atoms with van der Waals surface area (Å²) in [6, 6.07) is 9.60. The molecule has 4 aliphatic rings. The second-order valence-electron chi connectivity index (χ2n) is 12.5. The minimum absolute atomic E-state index is 0.0795. The molecular formula is C32H42O17. The average Bonchev–Trinajstić information content (AvgIpc) is 3.63. The van der Waals surface area contributed by atoms with Crippen molar-refractivity contribution in [3.8, 4) is 23.0 Å². The van der Waals surface area contributed by atoms with Crippen LogP contribution >= 0.6 is 0 Å². The summed E-state index contributed by atoms with van der Waals surface area (Å²) >= 11 is 0. The summed E-state index contributed by atoms with van der Waals surface area (Å²) in [6.07, 6.45) is -16.2. The Morgan fingerprint density at radius 3 is 1.63 bits per heavy atom. The molecular weight excluding hydrogens is 656 g/mol. The summed E-state index contributed by atoms with van der Waals surface area (Å²) in [5.41, 5.74) is -0.300. The Kier molecular flexibility index (Phi) is 10.6. The van der Waals surface area contributed by atoms with Gasteiger partial charge in [-0.1, -0.05) is 12.1 Å². The van der Waals surface area contributed by atoms with Crippen LogP contribution in [0.5, 0.6) is 23.0 Å². The molecule has 4 saturated heterocycles. The Morgan fingerprint density at radius 1 is 0.653 bits per heavy atom. The summed E-state index contributed by atoms with van der Waals surface area (Å²) in [7, 11) is 2.79. The van der Waals surface area contributed by atoms with Gasteiger partial charge in [0.1, 0.15) is 60.5 Å². The number of fused-ring (bicyclic) bond motifs is 1. The van der Waals surface area contributed by atoms with Gasteiger partial charge in [0, 0.05) is 5.92 Å². The first kappa shape index (κ1) is 35.9. The van der Waals surface area contributed by atoms with Gasteiger partial charge in [0.25, 0.3) is 0 Å². The van der Waals surface area contributed by atoms with E-state index in [4.69, 9.17) is 37.9 Å². The minimum Gasteiger partial charge on any atom is -0.493 e. The van der Waals surface area contributed by atoms with Crippen LogP contribution in [0.2, 0.25) is 0 Å². The van der Waals surface area contributed by atoms with Crippen LogP contribution in [0.15, 0.2) is 36.4 Å². The Morgan fingerprint density at radius 2 is 1.14 bits per heavy atom. The lowest BCUT2D eigenvalue weighted by atomic mass is 9.81. The van der Waals surface area contributed by atoms with Gasteiger partial charge in [0.05, 0.1) is 46.8 Å². The van der Waals surface area contributed by atoms with Crippen LogP contribution in [0, 0.1) is 5.92 Å². The molecule has 17 nitrogen and oxygen atoms in total. The first-order valence-corrected chi connectivity index (χ1v) is 15.7. The number of hydrogen-bond acceptors (Lipinski definition) is 17. The van der Waals surface area contributed by atoms with Gasteiger partial charge in [-0.05, 0) is 35.4 Å². The van der Waals surface area contributed by atoms with Crippen LogP contribution in [-0.2, 0) is 18.9 Å². The number of aliphatic hydroxyl groups is 9. The molecule has 17 heteroatoms. The molecule has 0 bridgehead atoms. The maximum atomic E-state index is 11.9. The Hall–Kier alpha value is -2.88. The van der Waals surface area contributed by atoms with Crippen molar-refractivity contribution in [1.82, 2.24) is 0 Å². The van der Waals surface area contributed by atoms with Crippen molar-refractivity contribution in [2.45, 2.75) is 79.2 Å². The van der Waals surface area contributed by atoms with Crippen molar-refractivity contribution in [3.63, 3.8) is 0 Å². The Labute approximate surface area is 280 Å². The van der Waals surface area contributed by atoms with Crippen molar-refractivity contribution in [2.75, 3.05) is 40.6 Å². The number of hydrogen-bond donors (Lipinski definition) is 9. The highest BCUT2D eigenvalue weighted by Crippen LogP contribution is 2.54. The highest BCUT2D eigenvalue weighted by atomic mass is 16.7. The Bertz CT molecular complexity index is 1440. The molecule has 0 aliphatic carbocycles. The summed E-state index contributed by atoms with van der Waals surface area (Å²) in [4.78, 5) is 0. The number of methoxy groups -OCH3 is 2. The molecule has 4 aliphatic heterocycles. The molecule has 4 heterocycles. The average molecular weight is 699 g/mol. The van der Waals surface area contributed by atoms with Gasteiger partial charge in [-0.25, -0.2) is 0 Å². The van der Waals surface area contributed by atoms with Gasteiger partial charge in [-0.3, -0.25) is 0 Å². The van der Waals surface area contributed by atoms with Gasteiger partial charge < -0.3 is 83.9 Å². The number of benzene rings is 2. The number of rotatable bonds is 10. The minimum atomic E-state index is -1.62. The van der Waals surface area contributed by atoms with Crippen molar-refractivity contribution in [1.29, 1.82) is 0 Å². The summed E-state index contributed by atoms with van der Waals surface area (Å²) in [5.74, 6) is 0.165. The van der Waals surface area contributed by atoms with E-state index >= 15 is 0 Å². The van der Waals surface area contributed by atoms with Gasteiger partial charge >= 0.3 is 0 Å². The summed E-state index contributed by atoms with van der Waals surface area (Å²) < 4.78 is 45.7. The smallest absolute Gasteiger partial charge is 0.229 e. The zero-order valence-corrected chi connectivity index (χ0v) is 26.6. The fourth-order valence-electron chi connectivity index (χ4n) is 6.75. The monoisotopic (exact) mass is 698 g/mol. The zero-order chi connectivity index (χ0) is 35.2. The van der Waals surface area contributed by atoms with Crippen molar-refractivity contribution >= 4 is 0 Å². The highest BCUT2D eigenvalue weighted by Gasteiger charge is 2.59. The normalized spacial score (nSPS) is 40.5. The fraction of sp³-hybridized carbons (Fsp3) is 0.625. The molecule has 0 spiro atoms. The first-order valence-electron chi connectivity index (χ1n) is 15.7. The quantitative estimate of drug-likeness (QED) is 0.122. The van der Waals surface area contributed by atoms with E-state index in [-0.39, 0.29) is 36.2 Å². The van der Waals surface area contributed by atoms with E-state index in [1.54, 1.807) is 30.3 Å². The standard InChI is InChI=1S/C32H42O17/c1-42-18-7-13(3-5-16(18)46-30-26(39)24(37)22(35)20(9-33)48-30)28-15-11-44-29(32(15,41)12-45-28)14-4-6-17(19(8-14)43-2)47-31-27(40)25(38)23(36)21(10-34)49-31/h3-8,15,20-31,33-41H,9-12H2,1-2H3. The molecule has 0 aromatic heterocycles. The summed E-state index contributed by atoms with van der Waals surface area (Å²) in [6.45, 7) is -1.18. The molecule has 14 unspecified atom stereocenters. The second kappa shape index (κ2) is 14.4. The van der Waals surface area contributed by atoms with Crippen molar-refractivity contribution in [2.24, 2.45) is 5.92 Å². The van der Waals surface area contributed by atoms with E-state index in [0.29, 0.717) is 11.1 Å². The van der Waals surface area contributed by atoms with E-state index < -0.39 is 98.4 Å². The SMILES string of the molecule is COc1cc(C2OCC3(O)C(c4ccc(OC5OC(CO)C(O)C(O)C5O)c(OC)c4)OCC23)ccc1OC1OC(CO)C(O)C(O)C1O. The maximum absolute atomic E-state index is 11.9. The number of ether oxygens (including phenoxy) is 8. The lowest BCUT2D eigenvalue weighted by molar-refractivity contribution is -0.277. The molecule has 0 radical (unpaired) electrons. The second-order valence-corrected chi connectivity index (χ2v) is 12.5. The van der Waals surface area contributed by atoms with Crippen LogP contribution < -0.4 is 18.9 Å². The first-order chi connectivity index (χ1) is 23.4. The molecule has 0 saturated carbocycles. The topological polar surface area (TPSA) is 256 Å². The zero-order valence-electron chi connectivity index (χ0n) is 26.6. The van der Waals surface area contributed by atoms with Crippen LogP contribution in [0.25, 0.3) is 0 Å². The largest absolute Gasteiger partial charge is 0.493 e. The van der Waals surface area contributed by atoms with Gasteiger partial charge in [-0.2, -0.15) is 0 Å². The van der Waals surface area contributed by atoms with Gasteiger partial charge in [0.15, 0.2) is 23.0 Å². The van der Waals surface area contributed by atoms with E-state index in [9.17, 15) is 46.0 Å². The third kappa shape index (κ3) is 6.44. The molecule has 2 aromatic carbocycles.